The number of amides is 2. The molecule has 0 unspecified atom stereocenters. The number of ether oxygens (including phenoxy) is 2. The number of hydrogen-bond donors (Lipinski definition) is 2. The molecule has 8 heteroatoms. The summed E-state index contributed by atoms with van der Waals surface area (Å²) in [7, 11) is 3.11. The van der Waals surface area contributed by atoms with E-state index in [1.165, 1.54) is 0 Å². The van der Waals surface area contributed by atoms with Crippen LogP contribution in [0, 0.1) is 0 Å². The first-order chi connectivity index (χ1) is 14.6. The van der Waals surface area contributed by atoms with Crippen molar-refractivity contribution in [2.24, 2.45) is 0 Å². The molecular weight excluding hydrogens is 384 g/mol. The van der Waals surface area contributed by atoms with Crippen LogP contribution in [0.15, 0.2) is 54.7 Å². The highest BCUT2D eigenvalue weighted by atomic mass is 16.5. The second-order valence-corrected chi connectivity index (χ2v) is 6.37. The highest BCUT2D eigenvalue weighted by molar-refractivity contribution is 6.02. The summed E-state index contributed by atoms with van der Waals surface area (Å²) in [4.78, 5) is 24.7. The smallest absolute Gasteiger partial charge is 0.255 e. The van der Waals surface area contributed by atoms with Gasteiger partial charge in [-0.2, -0.15) is 5.10 Å². The number of rotatable bonds is 8. The topological polar surface area (TPSA) is 94.5 Å². The number of aromatic nitrogens is 2. The summed E-state index contributed by atoms with van der Waals surface area (Å²) < 4.78 is 12.4. The first kappa shape index (κ1) is 20.9. The molecule has 2 N–H and O–H groups in total. The number of hydrogen-bond acceptors (Lipinski definition) is 5. The van der Waals surface area contributed by atoms with Crippen LogP contribution in [0.5, 0.6) is 11.5 Å². The zero-order chi connectivity index (χ0) is 21.5. The Morgan fingerprint density at radius 2 is 1.80 bits per heavy atom. The summed E-state index contributed by atoms with van der Waals surface area (Å²) in [6, 6.07) is 14.7. The molecule has 0 aliphatic heterocycles. The van der Waals surface area contributed by atoms with Gasteiger partial charge in [0.1, 0.15) is 17.2 Å². The molecule has 3 rings (SSSR count). The zero-order valence-electron chi connectivity index (χ0n) is 17.1. The van der Waals surface area contributed by atoms with Crippen molar-refractivity contribution in [1.82, 2.24) is 20.4 Å². The van der Waals surface area contributed by atoms with Crippen LogP contribution in [0.25, 0.3) is 16.9 Å². The number of nitrogens with zero attached hydrogens (tertiary/aromatic N) is 2. The highest BCUT2D eigenvalue weighted by Gasteiger charge is 2.22. The predicted octanol–water partition coefficient (Wildman–Crippen LogP) is 2.42. The fourth-order valence-corrected chi connectivity index (χ4v) is 2.97. The van der Waals surface area contributed by atoms with Gasteiger partial charge >= 0.3 is 0 Å². The Bertz CT molecular complexity index is 1030. The van der Waals surface area contributed by atoms with Crippen molar-refractivity contribution >= 4 is 11.8 Å². The van der Waals surface area contributed by atoms with E-state index in [-0.39, 0.29) is 12.5 Å². The van der Waals surface area contributed by atoms with E-state index in [2.05, 4.69) is 15.7 Å². The molecule has 0 aliphatic rings. The van der Waals surface area contributed by atoms with Gasteiger partial charge < -0.3 is 20.1 Å². The molecule has 8 nitrogen and oxygen atoms in total. The Morgan fingerprint density at radius 1 is 1.03 bits per heavy atom. The van der Waals surface area contributed by atoms with Crippen molar-refractivity contribution in [1.29, 1.82) is 0 Å². The number of para-hydroxylation sites is 1. The van der Waals surface area contributed by atoms with E-state index >= 15 is 0 Å². The van der Waals surface area contributed by atoms with Gasteiger partial charge in [-0.05, 0) is 37.3 Å². The second-order valence-electron chi connectivity index (χ2n) is 6.37. The standard InChI is InChI=1S/C22H24N4O4/c1-4-23-20(27)13-24-22(28)18-14-26(15-8-6-5-7-9-15)25-21(18)17-12-16(29-2)10-11-19(17)30-3/h5-12,14H,4,13H2,1-3H3,(H,23,27)(H,24,28). The maximum Gasteiger partial charge on any atom is 0.255 e. The Morgan fingerprint density at radius 3 is 2.47 bits per heavy atom. The maximum atomic E-state index is 12.9. The van der Waals surface area contributed by atoms with Crippen molar-refractivity contribution in [3.8, 4) is 28.4 Å². The van der Waals surface area contributed by atoms with Gasteiger partial charge in [-0.15, -0.1) is 0 Å². The van der Waals surface area contributed by atoms with Crippen LogP contribution in [0.3, 0.4) is 0 Å². The van der Waals surface area contributed by atoms with E-state index in [9.17, 15) is 9.59 Å². The quantitative estimate of drug-likeness (QED) is 0.597. The summed E-state index contributed by atoms with van der Waals surface area (Å²) in [6.45, 7) is 2.18. The van der Waals surface area contributed by atoms with Gasteiger partial charge in [0.25, 0.3) is 5.91 Å². The maximum absolute atomic E-state index is 12.9. The average Bonchev–Trinajstić information content (AvgIpc) is 3.23. The average molecular weight is 408 g/mol. The number of methoxy groups -OCH3 is 2. The normalized spacial score (nSPS) is 10.4. The lowest BCUT2D eigenvalue weighted by atomic mass is 10.1. The molecule has 0 aliphatic carbocycles. The summed E-state index contributed by atoms with van der Waals surface area (Å²) in [5.41, 5.74) is 2.13. The van der Waals surface area contributed by atoms with Crippen LogP contribution < -0.4 is 20.1 Å². The first-order valence-electron chi connectivity index (χ1n) is 9.49. The van der Waals surface area contributed by atoms with Gasteiger partial charge in [-0.3, -0.25) is 9.59 Å². The summed E-state index contributed by atoms with van der Waals surface area (Å²) in [5.74, 6) is 0.478. The molecule has 0 saturated heterocycles. The van der Waals surface area contributed by atoms with Crippen LogP contribution in [0.1, 0.15) is 17.3 Å². The van der Waals surface area contributed by atoms with Gasteiger partial charge in [-0.25, -0.2) is 4.68 Å². The van der Waals surface area contributed by atoms with Crippen LogP contribution >= 0.6 is 0 Å². The molecule has 0 fully saturated rings. The molecule has 0 atom stereocenters. The monoisotopic (exact) mass is 408 g/mol. The van der Waals surface area contributed by atoms with E-state index < -0.39 is 5.91 Å². The highest BCUT2D eigenvalue weighted by Crippen LogP contribution is 2.35. The van der Waals surface area contributed by atoms with Gasteiger partial charge in [0.15, 0.2) is 0 Å². The van der Waals surface area contributed by atoms with Crippen LogP contribution in [0.2, 0.25) is 0 Å². The van der Waals surface area contributed by atoms with Gasteiger partial charge in [0.2, 0.25) is 5.91 Å². The SMILES string of the molecule is CCNC(=O)CNC(=O)c1cn(-c2ccccc2)nc1-c1cc(OC)ccc1OC. The van der Waals surface area contributed by atoms with Crippen molar-refractivity contribution in [3.05, 3.63) is 60.3 Å². The molecule has 2 aromatic carbocycles. The number of nitrogens with one attached hydrogen (secondary N) is 2. The summed E-state index contributed by atoms with van der Waals surface area (Å²) >= 11 is 0. The predicted molar refractivity (Wildman–Crippen MR) is 113 cm³/mol. The molecule has 156 valence electrons. The van der Waals surface area contributed by atoms with Gasteiger partial charge in [0, 0.05) is 18.3 Å². The fourth-order valence-electron chi connectivity index (χ4n) is 2.97. The largest absolute Gasteiger partial charge is 0.497 e. The minimum absolute atomic E-state index is 0.127. The first-order valence-corrected chi connectivity index (χ1v) is 9.49. The van der Waals surface area contributed by atoms with Gasteiger partial charge in [-0.1, -0.05) is 18.2 Å². The Hall–Kier alpha value is -3.81. The van der Waals surface area contributed by atoms with E-state index in [0.717, 1.165) is 5.69 Å². The molecule has 0 saturated carbocycles. The van der Waals surface area contributed by atoms with E-state index in [1.807, 2.05) is 37.3 Å². The van der Waals surface area contributed by atoms with E-state index in [1.54, 1.807) is 43.3 Å². The van der Waals surface area contributed by atoms with Crippen molar-refractivity contribution in [2.45, 2.75) is 6.92 Å². The lowest BCUT2D eigenvalue weighted by Crippen LogP contribution is -2.36. The lowest BCUT2D eigenvalue weighted by Gasteiger charge is -2.10. The second kappa shape index (κ2) is 9.60. The summed E-state index contributed by atoms with van der Waals surface area (Å²) in [5, 5.41) is 9.94. The van der Waals surface area contributed by atoms with Crippen LogP contribution in [-0.4, -0.2) is 48.9 Å². The van der Waals surface area contributed by atoms with E-state index in [0.29, 0.717) is 34.9 Å². The third kappa shape index (κ3) is 4.60. The molecule has 1 heterocycles. The van der Waals surface area contributed by atoms with Crippen molar-refractivity contribution < 1.29 is 19.1 Å². The number of benzene rings is 2. The van der Waals surface area contributed by atoms with Crippen molar-refractivity contribution in [2.75, 3.05) is 27.3 Å². The molecule has 0 bridgehead atoms. The Balaban J connectivity index is 2.06. The van der Waals surface area contributed by atoms with Crippen LogP contribution in [0.4, 0.5) is 0 Å². The van der Waals surface area contributed by atoms with Gasteiger partial charge in [0.05, 0.1) is 32.0 Å². The number of carbonyl (C=O) groups excluding carboxylic acids is 2. The lowest BCUT2D eigenvalue weighted by molar-refractivity contribution is -0.120. The molecule has 1 aromatic heterocycles. The number of carbonyl (C=O) groups is 2. The zero-order valence-corrected chi connectivity index (χ0v) is 17.1. The molecule has 3 aromatic rings. The Labute approximate surface area is 174 Å². The molecule has 30 heavy (non-hydrogen) atoms. The molecule has 0 spiro atoms. The van der Waals surface area contributed by atoms with Crippen LogP contribution in [-0.2, 0) is 4.79 Å². The molecular formula is C22H24N4O4. The molecule has 2 amide bonds. The minimum Gasteiger partial charge on any atom is -0.497 e. The minimum atomic E-state index is -0.414. The third-order valence-corrected chi connectivity index (χ3v) is 4.42. The fraction of sp³-hybridized carbons (Fsp3) is 0.227. The Kier molecular flexibility index (Phi) is 6.69. The third-order valence-electron chi connectivity index (χ3n) is 4.42. The van der Waals surface area contributed by atoms with E-state index in [4.69, 9.17) is 9.47 Å². The summed E-state index contributed by atoms with van der Waals surface area (Å²) in [6.07, 6.45) is 1.64. The van der Waals surface area contributed by atoms with Crippen molar-refractivity contribution in [3.63, 3.8) is 0 Å². The number of likely N-dealkylation sites (N-methyl/N-ethyl adjacent to an activating group) is 1. The molecule has 0 radical (unpaired) electrons.